The van der Waals surface area contributed by atoms with Crippen LogP contribution in [0.2, 0.25) is 0 Å². The highest BCUT2D eigenvalue weighted by Crippen LogP contribution is 2.38. The number of allylic oxidation sites excluding steroid dienone is 4. The number of imidazole rings is 1. The molecule has 228 valence electrons. The third-order valence-electron chi connectivity index (χ3n) is 6.06. The summed E-state index contributed by atoms with van der Waals surface area (Å²) in [4.78, 5) is 18.9. The predicted molar refractivity (Wildman–Crippen MR) is 161 cm³/mol. The number of halogens is 4. The number of aromatic nitrogens is 2. The average molecular weight is 579 g/mol. The van der Waals surface area contributed by atoms with Crippen molar-refractivity contribution in [3.63, 3.8) is 0 Å². The van der Waals surface area contributed by atoms with Gasteiger partial charge in [0, 0.05) is 29.9 Å². The lowest BCUT2D eigenvalue weighted by Crippen LogP contribution is -2.53. The van der Waals surface area contributed by atoms with Crippen LogP contribution < -0.4 is 5.73 Å². The van der Waals surface area contributed by atoms with E-state index in [0.717, 1.165) is 42.2 Å². The van der Waals surface area contributed by atoms with Crippen molar-refractivity contribution < 1.29 is 22.4 Å². The monoisotopic (exact) mass is 578 g/mol. The highest BCUT2D eigenvalue weighted by molar-refractivity contribution is 5.79. The number of nitrogens with two attached hydrogens (primary N) is 1. The van der Waals surface area contributed by atoms with Gasteiger partial charge < -0.3 is 15.2 Å². The van der Waals surface area contributed by atoms with Gasteiger partial charge in [0.2, 0.25) is 5.91 Å². The Labute approximate surface area is 243 Å². The summed E-state index contributed by atoms with van der Waals surface area (Å²) in [5.41, 5.74) is 7.07. The molecule has 3 rings (SSSR count). The van der Waals surface area contributed by atoms with Gasteiger partial charge in [0.15, 0.2) is 0 Å². The molecule has 1 aliphatic heterocycles. The van der Waals surface area contributed by atoms with Crippen molar-refractivity contribution in [2.24, 2.45) is 5.73 Å². The Balaban J connectivity index is 0.000000840. The van der Waals surface area contributed by atoms with Crippen LogP contribution >= 0.6 is 0 Å². The number of hydrogen-bond acceptors (Lipinski definition) is 3. The first-order valence-electron chi connectivity index (χ1n) is 13.8. The normalized spacial score (nSPS) is 14.1. The van der Waals surface area contributed by atoms with Crippen molar-refractivity contribution in [1.29, 1.82) is 0 Å². The van der Waals surface area contributed by atoms with Gasteiger partial charge in [0.1, 0.15) is 11.6 Å². The number of alkyl halides is 3. The fourth-order valence-electron chi connectivity index (χ4n) is 4.18. The van der Waals surface area contributed by atoms with E-state index in [2.05, 4.69) is 30.8 Å². The first-order chi connectivity index (χ1) is 19.2. The van der Waals surface area contributed by atoms with E-state index in [1.807, 2.05) is 40.7 Å². The molecule has 1 aliphatic rings. The van der Waals surface area contributed by atoms with Crippen LogP contribution in [0, 0.1) is 18.2 Å². The van der Waals surface area contributed by atoms with Crippen molar-refractivity contribution in [2.75, 3.05) is 13.1 Å². The Morgan fingerprint density at radius 1 is 1.24 bits per heavy atom. The number of rotatable bonds is 5. The first-order valence-corrected chi connectivity index (χ1v) is 13.8. The molecule has 9 heteroatoms. The summed E-state index contributed by atoms with van der Waals surface area (Å²) in [5.74, 6) is 2.94. The van der Waals surface area contributed by atoms with E-state index in [4.69, 9.17) is 10.7 Å². The molecule has 2 aromatic rings. The minimum absolute atomic E-state index is 0.0159. The molecular weight excluding hydrogens is 532 g/mol. The van der Waals surface area contributed by atoms with Gasteiger partial charge in [-0.15, -0.1) is 12.3 Å². The van der Waals surface area contributed by atoms with Gasteiger partial charge in [-0.3, -0.25) is 4.79 Å². The number of terminal acetylenes is 1. The molecule has 0 atom stereocenters. The number of carbonyl (C=O) groups excluding carboxylic acids is 1. The highest BCUT2D eigenvalue weighted by Gasteiger charge is 2.41. The van der Waals surface area contributed by atoms with Crippen LogP contribution in [0.1, 0.15) is 86.2 Å². The molecule has 1 amide bonds. The minimum Gasteiger partial charge on any atom is -0.327 e. The molecule has 0 radical (unpaired) electrons. The fourth-order valence-corrected chi connectivity index (χ4v) is 4.18. The van der Waals surface area contributed by atoms with Crippen LogP contribution in [-0.2, 0) is 16.9 Å². The van der Waals surface area contributed by atoms with Crippen LogP contribution in [-0.4, -0.2) is 39.6 Å². The molecule has 0 fully saturated rings. The van der Waals surface area contributed by atoms with Crippen LogP contribution in [0.5, 0.6) is 0 Å². The van der Waals surface area contributed by atoms with Gasteiger partial charge in [-0.25, -0.2) is 9.37 Å². The molecule has 1 aromatic heterocycles. The fraction of sp³-hybridized carbons (Fsp3) is 0.500. The smallest absolute Gasteiger partial charge is 0.327 e. The standard InChI is InChI=1S/C19H25FN4O.C8H11F3.C3H4.C2H6/c1-12(2)17-16(13-6-5-7-14(20)10-13)22-18-19(3,4)24(15(25)11-21)9-8-23(17)18;1-3-4-5-6-7(2)8(9,10)11;1-3-2;1-2/h5-7,10,12H,8-9,11,21H2,1-4H3;4-6H,3H2,1-2H3;1H,2H3;1-2H3/b;5-4-,7-6+;;. The highest BCUT2D eigenvalue weighted by atomic mass is 19.4. The molecule has 2 heterocycles. The van der Waals surface area contributed by atoms with Crippen molar-refractivity contribution in [2.45, 2.75) is 92.9 Å². The van der Waals surface area contributed by atoms with Crippen LogP contribution in [0.3, 0.4) is 0 Å². The maximum Gasteiger partial charge on any atom is 0.412 e. The molecule has 0 saturated heterocycles. The predicted octanol–water partition coefficient (Wildman–Crippen LogP) is 7.98. The lowest BCUT2D eigenvalue weighted by Gasteiger charge is -2.42. The lowest BCUT2D eigenvalue weighted by atomic mass is 9.98. The third kappa shape index (κ3) is 10.5. The molecular formula is C32H46F4N4O. The molecule has 0 saturated carbocycles. The molecule has 0 bridgehead atoms. The van der Waals surface area contributed by atoms with Gasteiger partial charge in [-0.05, 0) is 52.2 Å². The number of hydrogen-bond donors (Lipinski definition) is 1. The van der Waals surface area contributed by atoms with E-state index in [1.165, 1.54) is 18.2 Å². The lowest BCUT2D eigenvalue weighted by molar-refractivity contribution is -0.137. The Morgan fingerprint density at radius 2 is 1.83 bits per heavy atom. The van der Waals surface area contributed by atoms with Gasteiger partial charge in [0.25, 0.3) is 0 Å². The SMILES string of the molecule is C#CC.CC.CC(C)c1c(-c2cccc(F)c2)nc2n1CCN(C(=O)CN)C2(C)C.CC/C=C\C=C(/C)C(F)(F)F. The zero-order valence-corrected chi connectivity index (χ0v) is 25.9. The summed E-state index contributed by atoms with van der Waals surface area (Å²) < 4.78 is 51.2. The number of amides is 1. The Kier molecular flexibility index (Phi) is 16.0. The van der Waals surface area contributed by atoms with E-state index < -0.39 is 17.3 Å². The van der Waals surface area contributed by atoms with Crippen molar-refractivity contribution in [3.05, 3.63) is 65.4 Å². The second kappa shape index (κ2) is 17.4. The van der Waals surface area contributed by atoms with E-state index in [0.29, 0.717) is 13.1 Å². The van der Waals surface area contributed by atoms with Crippen molar-refractivity contribution >= 4 is 5.91 Å². The van der Waals surface area contributed by atoms with Crippen molar-refractivity contribution in [3.8, 4) is 23.6 Å². The van der Waals surface area contributed by atoms with Gasteiger partial charge in [-0.2, -0.15) is 13.2 Å². The molecule has 5 nitrogen and oxygen atoms in total. The first kappa shape index (κ1) is 37.6. The maximum absolute atomic E-state index is 13.7. The molecule has 1 aromatic carbocycles. The summed E-state index contributed by atoms with van der Waals surface area (Å²) in [6, 6.07) is 6.51. The Bertz CT molecular complexity index is 1200. The number of nitrogens with zero attached hydrogens (tertiary/aromatic N) is 3. The molecule has 0 unspecified atom stereocenters. The summed E-state index contributed by atoms with van der Waals surface area (Å²) in [7, 11) is 0. The quantitative estimate of drug-likeness (QED) is 0.222. The summed E-state index contributed by atoms with van der Waals surface area (Å²) in [6.07, 6.45) is 5.33. The number of carbonyl (C=O) groups is 1. The van der Waals surface area contributed by atoms with E-state index >= 15 is 0 Å². The van der Waals surface area contributed by atoms with E-state index in [9.17, 15) is 22.4 Å². The van der Waals surface area contributed by atoms with Gasteiger partial charge in [0.05, 0.1) is 17.8 Å². The van der Waals surface area contributed by atoms with Gasteiger partial charge >= 0.3 is 6.18 Å². The van der Waals surface area contributed by atoms with E-state index in [1.54, 1.807) is 24.0 Å². The molecule has 0 spiro atoms. The Hall–Kier alpha value is -3.38. The zero-order chi connectivity index (χ0) is 32.0. The number of fused-ring (bicyclic) bond motifs is 1. The second-order valence-corrected chi connectivity index (χ2v) is 9.77. The van der Waals surface area contributed by atoms with Crippen LogP contribution in [0.15, 0.2) is 48.1 Å². The second-order valence-electron chi connectivity index (χ2n) is 9.77. The molecule has 0 aliphatic carbocycles. The average Bonchev–Trinajstić information content (AvgIpc) is 3.31. The summed E-state index contributed by atoms with van der Waals surface area (Å²) in [5, 5.41) is 0. The summed E-state index contributed by atoms with van der Waals surface area (Å²) >= 11 is 0. The number of benzene rings is 1. The third-order valence-corrected chi connectivity index (χ3v) is 6.06. The van der Waals surface area contributed by atoms with Crippen LogP contribution in [0.4, 0.5) is 17.6 Å². The minimum atomic E-state index is -4.18. The molecule has 41 heavy (non-hydrogen) atoms. The van der Waals surface area contributed by atoms with Gasteiger partial charge in [-0.1, -0.05) is 65.0 Å². The largest absolute Gasteiger partial charge is 0.412 e. The maximum atomic E-state index is 13.7. The summed E-state index contributed by atoms with van der Waals surface area (Å²) in [6.45, 7) is 18.0. The Morgan fingerprint density at radius 3 is 2.29 bits per heavy atom. The van der Waals surface area contributed by atoms with Crippen molar-refractivity contribution in [1.82, 2.24) is 14.5 Å². The topological polar surface area (TPSA) is 64.2 Å². The zero-order valence-electron chi connectivity index (χ0n) is 25.9. The van der Waals surface area contributed by atoms with Crippen LogP contribution in [0.25, 0.3) is 11.3 Å². The van der Waals surface area contributed by atoms with E-state index in [-0.39, 0.29) is 24.2 Å². The molecule has 2 N–H and O–H groups in total.